The predicted molar refractivity (Wildman–Crippen MR) is 71.8 cm³/mol. The molecule has 0 saturated carbocycles. The lowest BCUT2D eigenvalue weighted by atomic mass is 10.0. The minimum absolute atomic E-state index is 0.00344. The SMILES string of the molecule is C[C@@H]1CCCCN1C(=O)COC(=O)c1nccnc1N. The van der Waals surface area contributed by atoms with Gasteiger partial charge in [0.2, 0.25) is 0 Å². The second-order valence-corrected chi connectivity index (χ2v) is 4.80. The summed E-state index contributed by atoms with van der Waals surface area (Å²) in [4.78, 5) is 33.1. The van der Waals surface area contributed by atoms with E-state index in [1.165, 1.54) is 12.4 Å². The fourth-order valence-electron chi connectivity index (χ4n) is 2.25. The molecule has 1 aromatic heterocycles. The van der Waals surface area contributed by atoms with Crippen LogP contribution in [0.4, 0.5) is 5.82 Å². The Morgan fingerprint density at radius 1 is 1.40 bits per heavy atom. The second kappa shape index (κ2) is 6.31. The fraction of sp³-hybridized carbons (Fsp3) is 0.538. The van der Waals surface area contributed by atoms with E-state index in [4.69, 9.17) is 10.5 Å². The van der Waals surface area contributed by atoms with Crippen molar-refractivity contribution in [3.8, 4) is 0 Å². The highest BCUT2D eigenvalue weighted by Gasteiger charge is 2.24. The topological polar surface area (TPSA) is 98.4 Å². The Kier molecular flexibility index (Phi) is 4.49. The number of amides is 1. The summed E-state index contributed by atoms with van der Waals surface area (Å²) in [5.74, 6) is -0.919. The molecule has 2 rings (SSSR count). The maximum absolute atomic E-state index is 12.0. The quantitative estimate of drug-likeness (QED) is 0.814. The summed E-state index contributed by atoms with van der Waals surface area (Å²) in [6.07, 6.45) is 5.83. The number of nitrogens with two attached hydrogens (primary N) is 1. The van der Waals surface area contributed by atoms with Gasteiger partial charge in [0.1, 0.15) is 0 Å². The highest BCUT2D eigenvalue weighted by Crippen LogP contribution is 2.16. The van der Waals surface area contributed by atoms with E-state index >= 15 is 0 Å². The predicted octanol–water partition coefficient (Wildman–Crippen LogP) is 0.617. The fourth-order valence-corrected chi connectivity index (χ4v) is 2.25. The zero-order chi connectivity index (χ0) is 14.5. The van der Waals surface area contributed by atoms with E-state index < -0.39 is 5.97 Å². The number of carbonyl (C=O) groups excluding carboxylic acids is 2. The second-order valence-electron chi connectivity index (χ2n) is 4.80. The number of hydrogen-bond acceptors (Lipinski definition) is 6. The van der Waals surface area contributed by atoms with Gasteiger partial charge in [-0.15, -0.1) is 0 Å². The van der Waals surface area contributed by atoms with E-state index in [0.717, 1.165) is 19.3 Å². The number of esters is 1. The Morgan fingerprint density at radius 2 is 2.15 bits per heavy atom. The molecule has 2 heterocycles. The molecule has 0 bridgehead atoms. The van der Waals surface area contributed by atoms with Crippen molar-refractivity contribution in [3.63, 3.8) is 0 Å². The zero-order valence-electron chi connectivity index (χ0n) is 11.4. The van der Waals surface area contributed by atoms with Crippen molar-refractivity contribution in [1.82, 2.24) is 14.9 Å². The van der Waals surface area contributed by atoms with E-state index in [0.29, 0.717) is 6.54 Å². The minimum atomic E-state index is -0.728. The van der Waals surface area contributed by atoms with E-state index in [1.54, 1.807) is 4.90 Å². The van der Waals surface area contributed by atoms with Crippen molar-refractivity contribution in [3.05, 3.63) is 18.1 Å². The van der Waals surface area contributed by atoms with Gasteiger partial charge < -0.3 is 15.4 Å². The van der Waals surface area contributed by atoms with Crippen LogP contribution in [0.3, 0.4) is 0 Å². The van der Waals surface area contributed by atoms with Crippen LogP contribution in [-0.4, -0.2) is 45.9 Å². The molecule has 0 unspecified atom stereocenters. The maximum Gasteiger partial charge on any atom is 0.361 e. The smallest absolute Gasteiger partial charge is 0.361 e. The average Bonchev–Trinajstić information content (AvgIpc) is 2.45. The maximum atomic E-state index is 12.0. The van der Waals surface area contributed by atoms with Gasteiger partial charge in [0.25, 0.3) is 5.91 Å². The molecule has 0 radical (unpaired) electrons. The van der Waals surface area contributed by atoms with Crippen molar-refractivity contribution in [2.75, 3.05) is 18.9 Å². The third-order valence-electron chi connectivity index (χ3n) is 3.37. The van der Waals surface area contributed by atoms with Crippen molar-refractivity contribution in [1.29, 1.82) is 0 Å². The number of piperidine rings is 1. The average molecular weight is 278 g/mol. The molecule has 1 aromatic rings. The lowest BCUT2D eigenvalue weighted by Crippen LogP contribution is -2.44. The summed E-state index contributed by atoms with van der Waals surface area (Å²) >= 11 is 0. The first-order chi connectivity index (χ1) is 9.59. The van der Waals surface area contributed by atoms with Gasteiger partial charge in [-0.05, 0) is 26.2 Å². The van der Waals surface area contributed by atoms with Crippen LogP contribution in [0.5, 0.6) is 0 Å². The first-order valence-corrected chi connectivity index (χ1v) is 6.62. The Bertz CT molecular complexity index is 506. The largest absolute Gasteiger partial charge is 0.451 e. The van der Waals surface area contributed by atoms with Crippen molar-refractivity contribution >= 4 is 17.7 Å². The Morgan fingerprint density at radius 3 is 2.85 bits per heavy atom. The lowest BCUT2D eigenvalue weighted by molar-refractivity contribution is -0.137. The minimum Gasteiger partial charge on any atom is -0.451 e. The van der Waals surface area contributed by atoms with E-state index in [2.05, 4.69) is 9.97 Å². The molecular weight excluding hydrogens is 260 g/mol. The zero-order valence-corrected chi connectivity index (χ0v) is 11.4. The van der Waals surface area contributed by atoms with Crippen LogP contribution in [0.25, 0.3) is 0 Å². The summed E-state index contributed by atoms with van der Waals surface area (Å²) < 4.78 is 4.96. The summed E-state index contributed by atoms with van der Waals surface area (Å²) in [7, 11) is 0. The van der Waals surface area contributed by atoms with Crippen molar-refractivity contribution in [2.24, 2.45) is 0 Å². The van der Waals surface area contributed by atoms with Gasteiger partial charge in [-0.3, -0.25) is 4.79 Å². The number of ether oxygens (including phenoxy) is 1. The summed E-state index contributed by atoms with van der Waals surface area (Å²) in [6.45, 7) is 2.42. The molecule has 1 aliphatic heterocycles. The van der Waals surface area contributed by atoms with Gasteiger partial charge in [0.15, 0.2) is 18.1 Å². The highest BCUT2D eigenvalue weighted by atomic mass is 16.5. The molecule has 0 aliphatic carbocycles. The van der Waals surface area contributed by atoms with Gasteiger partial charge in [0.05, 0.1) is 0 Å². The van der Waals surface area contributed by atoms with Gasteiger partial charge >= 0.3 is 5.97 Å². The van der Waals surface area contributed by atoms with Crippen molar-refractivity contribution < 1.29 is 14.3 Å². The van der Waals surface area contributed by atoms with Crippen LogP contribution in [0.15, 0.2) is 12.4 Å². The molecule has 0 aromatic carbocycles. The summed E-state index contributed by atoms with van der Waals surface area (Å²) in [5, 5.41) is 0. The molecule has 1 aliphatic rings. The molecule has 108 valence electrons. The molecule has 7 nitrogen and oxygen atoms in total. The number of carbonyl (C=O) groups is 2. The van der Waals surface area contributed by atoms with Gasteiger partial charge in [-0.2, -0.15) is 0 Å². The normalized spacial score (nSPS) is 18.6. The number of nitrogen functional groups attached to an aromatic ring is 1. The molecule has 1 saturated heterocycles. The highest BCUT2D eigenvalue weighted by molar-refractivity contribution is 5.93. The third kappa shape index (κ3) is 3.23. The number of nitrogens with zero attached hydrogens (tertiary/aromatic N) is 3. The number of aromatic nitrogens is 2. The van der Waals surface area contributed by atoms with E-state index in [1.807, 2.05) is 6.92 Å². The third-order valence-corrected chi connectivity index (χ3v) is 3.37. The van der Waals surface area contributed by atoms with E-state index in [-0.39, 0.29) is 30.1 Å². The summed E-state index contributed by atoms with van der Waals surface area (Å²) in [5.41, 5.74) is 5.46. The molecule has 1 atom stereocenters. The number of anilines is 1. The van der Waals surface area contributed by atoms with Gasteiger partial charge in [-0.1, -0.05) is 0 Å². The monoisotopic (exact) mass is 278 g/mol. The lowest BCUT2D eigenvalue weighted by Gasteiger charge is -2.33. The van der Waals surface area contributed by atoms with Crippen LogP contribution in [0.2, 0.25) is 0 Å². The van der Waals surface area contributed by atoms with E-state index in [9.17, 15) is 9.59 Å². The molecule has 1 fully saturated rings. The molecule has 1 amide bonds. The number of rotatable bonds is 3. The van der Waals surface area contributed by atoms with Gasteiger partial charge in [-0.25, -0.2) is 14.8 Å². The van der Waals surface area contributed by atoms with Gasteiger partial charge in [0, 0.05) is 25.0 Å². The van der Waals surface area contributed by atoms with Crippen LogP contribution >= 0.6 is 0 Å². The van der Waals surface area contributed by atoms with Crippen LogP contribution in [-0.2, 0) is 9.53 Å². The first-order valence-electron chi connectivity index (χ1n) is 6.62. The van der Waals surface area contributed by atoms with Crippen LogP contribution < -0.4 is 5.73 Å². The first kappa shape index (κ1) is 14.2. The molecular formula is C13H18N4O3. The summed E-state index contributed by atoms with van der Waals surface area (Å²) in [6, 6.07) is 0.191. The molecule has 0 spiro atoms. The number of likely N-dealkylation sites (tertiary alicyclic amines) is 1. The Balaban J connectivity index is 1.90. The van der Waals surface area contributed by atoms with Crippen LogP contribution in [0, 0.1) is 0 Å². The molecule has 20 heavy (non-hydrogen) atoms. The Hall–Kier alpha value is -2.18. The molecule has 2 N–H and O–H groups in total. The Labute approximate surface area is 117 Å². The van der Waals surface area contributed by atoms with Crippen molar-refractivity contribution in [2.45, 2.75) is 32.2 Å². The molecule has 7 heteroatoms. The van der Waals surface area contributed by atoms with Crippen LogP contribution in [0.1, 0.15) is 36.7 Å². The number of hydrogen-bond donors (Lipinski definition) is 1. The standard InChI is InChI=1S/C13H18N4O3/c1-9-4-2-3-7-17(9)10(18)8-20-13(19)11-12(14)16-6-5-15-11/h5-6,9H,2-4,7-8H2,1H3,(H2,14,16)/t9-/m1/s1.